The zero-order valence-corrected chi connectivity index (χ0v) is 22.3. The van der Waals surface area contributed by atoms with Gasteiger partial charge < -0.3 is 15.0 Å². The molecule has 1 fully saturated rings. The first-order chi connectivity index (χ1) is 18.1. The number of methoxy groups -OCH3 is 1. The Hall–Kier alpha value is -3.25. The Morgan fingerprint density at radius 3 is 2.32 bits per heavy atom. The number of rotatable bonds is 12. The first-order valence-electron chi connectivity index (χ1n) is 13.1. The third-order valence-corrected chi connectivity index (χ3v) is 7.80. The maximum absolute atomic E-state index is 13.8. The van der Waals surface area contributed by atoms with E-state index in [9.17, 15) is 9.59 Å². The number of thioether (sulfide) groups is 1. The third kappa shape index (κ3) is 8.12. The Morgan fingerprint density at radius 1 is 0.946 bits per heavy atom. The molecule has 1 atom stereocenters. The van der Waals surface area contributed by atoms with Gasteiger partial charge in [0.2, 0.25) is 11.8 Å². The molecule has 1 aliphatic carbocycles. The molecule has 0 bridgehead atoms. The second-order valence-electron chi connectivity index (χ2n) is 9.48. The molecule has 3 aromatic carbocycles. The van der Waals surface area contributed by atoms with Crippen molar-refractivity contribution in [2.45, 2.75) is 62.0 Å². The lowest BCUT2D eigenvalue weighted by Gasteiger charge is -2.32. The van der Waals surface area contributed by atoms with Gasteiger partial charge >= 0.3 is 0 Å². The van der Waals surface area contributed by atoms with Crippen LogP contribution in [-0.4, -0.2) is 41.7 Å². The molecule has 0 aliphatic heterocycles. The molecule has 3 aromatic rings. The molecule has 1 N–H and O–H groups in total. The number of amides is 2. The number of carbonyl (C=O) groups excluding carboxylic acids is 2. The van der Waals surface area contributed by atoms with E-state index in [1.165, 1.54) is 0 Å². The maximum Gasteiger partial charge on any atom is 0.243 e. The predicted molar refractivity (Wildman–Crippen MR) is 150 cm³/mol. The molecule has 194 valence electrons. The van der Waals surface area contributed by atoms with Crippen LogP contribution in [0.15, 0.2) is 89.8 Å². The van der Waals surface area contributed by atoms with Crippen molar-refractivity contribution in [2.75, 3.05) is 12.9 Å². The van der Waals surface area contributed by atoms with Crippen LogP contribution in [0.1, 0.15) is 43.2 Å². The van der Waals surface area contributed by atoms with Crippen molar-refractivity contribution >= 4 is 23.6 Å². The van der Waals surface area contributed by atoms with Gasteiger partial charge in [0.25, 0.3) is 0 Å². The van der Waals surface area contributed by atoms with Crippen molar-refractivity contribution < 1.29 is 14.3 Å². The summed E-state index contributed by atoms with van der Waals surface area (Å²) in [5, 5.41) is 3.26. The summed E-state index contributed by atoms with van der Waals surface area (Å²) >= 11 is 1.66. The van der Waals surface area contributed by atoms with Crippen LogP contribution in [0, 0.1) is 0 Å². The summed E-state index contributed by atoms with van der Waals surface area (Å²) in [5.74, 6) is 1.30. The Balaban J connectivity index is 1.58. The Kier molecular flexibility index (Phi) is 10.1. The van der Waals surface area contributed by atoms with Crippen molar-refractivity contribution in [1.29, 1.82) is 0 Å². The molecule has 4 rings (SSSR count). The summed E-state index contributed by atoms with van der Waals surface area (Å²) in [6.45, 7) is 0.349. The minimum absolute atomic E-state index is 0.0197. The maximum atomic E-state index is 13.8. The van der Waals surface area contributed by atoms with Crippen molar-refractivity contribution in [1.82, 2.24) is 10.2 Å². The van der Waals surface area contributed by atoms with Gasteiger partial charge in [-0.25, -0.2) is 0 Å². The first kappa shape index (κ1) is 26.8. The molecule has 1 unspecified atom stereocenters. The Morgan fingerprint density at radius 2 is 1.62 bits per heavy atom. The highest BCUT2D eigenvalue weighted by Gasteiger charge is 2.32. The van der Waals surface area contributed by atoms with E-state index < -0.39 is 6.04 Å². The minimum atomic E-state index is -0.594. The second-order valence-corrected chi connectivity index (χ2v) is 10.6. The highest BCUT2D eigenvalue weighted by atomic mass is 32.2. The second kappa shape index (κ2) is 13.9. The van der Waals surface area contributed by atoms with E-state index in [4.69, 9.17) is 4.74 Å². The van der Waals surface area contributed by atoms with E-state index >= 15 is 0 Å². The van der Waals surface area contributed by atoms with Gasteiger partial charge in [0.1, 0.15) is 11.8 Å². The summed E-state index contributed by atoms with van der Waals surface area (Å²) < 4.78 is 5.42. The molecule has 1 aliphatic rings. The van der Waals surface area contributed by atoms with E-state index in [-0.39, 0.29) is 17.9 Å². The number of carbonyl (C=O) groups is 2. The highest BCUT2D eigenvalue weighted by Crippen LogP contribution is 2.23. The van der Waals surface area contributed by atoms with E-state index in [1.54, 1.807) is 23.8 Å². The average molecular weight is 517 g/mol. The highest BCUT2D eigenvalue weighted by molar-refractivity contribution is 7.99. The fourth-order valence-corrected chi connectivity index (χ4v) is 5.67. The quantitative estimate of drug-likeness (QED) is 0.306. The van der Waals surface area contributed by atoms with Crippen molar-refractivity contribution in [3.8, 4) is 5.75 Å². The zero-order chi connectivity index (χ0) is 25.9. The lowest BCUT2D eigenvalue weighted by atomic mass is 10.0. The van der Waals surface area contributed by atoms with Crippen LogP contribution in [0.4, 0.5) is 0 Å². The molecular weight excluding hydrogens is 480 g/mol. The van der Waals surface area contributed by atoms with E-state index in [0.717, 1.165) is 47.5 Å². The molecule has 6 heteroatoms. The fraction of sp³-hybridized carbons (Fsp3) is 0.355. The molecule has 37 heavy (non-hydrogen) atoms. The molecule has 0 saturated heterocycles. The summed E-state index contributed by atoms with van der Waals surface area (Å²) in [4.78, 5) is 30.4. The number of benzene rings is 3. The van der Waals surface area contributed by atoms with Crippen LogP contribution in [0.25, 0.3) is 0 Å². The van der Waals surface area contributed by atoms with Gasteiger partial charge in [-0.3, -0.25) is 9.59 Å². The van der Waals surface area contributed by atoms with Gasteiger partial charge in [0, 0.05) is 36.1 Å². The van der Waals surface area contributed by atoms with Crippen molar-refractivity contribution in [3.63, 3.8) is 0 Å². The zero-order valence-electron chi connectivity index (χ0n) is 21.5. The number of hydrogen-bond acceptors (Lipinski definition) is 4. The third-order valence-electron chi connectivity index (χ3n) is 6.79. The SMILES string of the molecule is COc1cccc(CN(C(=O)CCSc2ccccc2)C(Cc2ccccc2)C(=O)NC2CCCC2)c1. The lowest BCUT2D eigenvalue weighted by molar-refractivity contribution is -0.141. The monoisotopic (exact) mass is 516 g/mol. The van der Waals surface area contributed by atoms with Crippen LogP contribution in [0.5, 0.6) is 5.75 Å². The molecule has 0 spiro atoms. The lowest BCUT2D eigenvalue weighted by Crippen LogP contribution is -2.52. The molecule has 0 radical (unpaired) electrons. The first-order valence-corrected chi connectivity index (χ1v) is 14.1. The molecule has 0 aromatic heterocycles. The van der Waals surface area contributed by atoms with Crippen LogP contribution < -0.4 is 10.1 Å². The smallest absolute Gasteiger partial charge is 0.243 e. The topological polar surface area (TPSA) is 58.6 Å². The molecule has 0 heterocycles. The van der Waals surface area contributed by atoms with Gasteiger partial charge in [-0.1, -0.05) is 73.5 Å². The minimum Gasteiger partial charge on any atom is -0.497 e. The summed E-state index contributed by atoms with van der Waals surface area (Å²) in [6.07, 6.45) is 5.10. The number of hydrogen-bond donors (Lipinski definition) is 1. The average Bonchev–Trinajstić information content (AvgIpc) is 3.45. The largest absolute Gasteiger partial charge is 0.497 e. The van der Waals surface area contributed by atoms with Crippen LogP contribution in [0.2, 0.25) is 0 Å². The van der Waals surface area contributed by atoms with Gasteiger partial charge in [0.05, 0.1) is 7.11 Å². The number of ether oxygens (including phenoxy) is 1. The van der Waals surface area contributed by atoms with Crippen molar-refractivity contribution in [2.24, 2.45) is 0 Å². The predicted octanol–water partition coefficient (Wildman–Crippen LogP) is 5.88. The van der Waals surface area contributed by atoms with Crippen LogP contribution >= 0.6 is 11.8 Å². The summed E-state index contributed by atoms with van der Waals surface area (Å²) in [7, 11) is 1.64. The van der Waals surface area contributed by atoms with Gasteiger partial charge in [-0.05, 0) is 48.2 Å². The van der Waals surface area contributed by atoms with Crippen LogP contribution in [0.3, 0.4) is 0 Å². The Bertz CT molecular complexity index is 1130. The van der Waals surface area contributed by atoms with Crippen LogP contribution in [-0.2, 0) is 22.6 Å². The summed E-state index contributed by atoms with van der Waals surface area (Å²) in [5.41, 5.74) is 1.98. The normalized spacial score (nSPS) is 14.2. The Labute approximate surface area is 224 Å². The fourth-order valence-electron chi connectivity index (χ4n) is 4.81. The van der Waals surface area contributed by atoms with Gasteiger partial charge in [0.15, 0.2) is 0 Å². The molecular formula is C31H36N2O3S. The standard InChI is InChI=1S/C31H36N2O3S/c1-36-27-16-10-13-25(21-27)23-33(30(34)19-20-37-28-17-6-3-7-18-28)29(22-24-11-4-2-5-12-24)31(35)32-26-14-8-9-15-26/h2-7,10-13,16-18,21,26,29H,8-9,14-15,19-20,22-23H2,1H3,(H,32,35). The van der Waals surface area contributed by atoms with E-state index in [2.05, 4.69) is 17.4 Å². The van der Waals surface area contributed by atoms with E-state index in [0.29, 0.717) is 25.1 Å². The molecule has 1 saturated carbocycles. The summed E-state index contributed by atoms with van der Waals surface area (Å²) in [6, 6.07) is 27.4. The number of nitrogens with zero attached hydrogens (tertiary/aromatic N) is 1. The number of nitrogens with one attached hydrogen (secondary N) is 1. The van der Waals surface area contributed by atoms with Gasteiger partial charge in [-0.15, -0.1) is 11.8 Å². The van der Waals surface area contributed by atoms with E-state index in [1.807, 2.05) is 72.8 Å². The van der Waals surface area contributed by atoms with Crippen molar-refractivity contribution in [3.05, 3.63) is 96.1 Å². The van der Waals surface area contributed by atoms with Gasteiger partial charge in [-0.2, -0.15) is 0 Å². The molecule has 2 amide bonds. The molecule has 5 nitrogen and oxygen atoms in total.